The zero-order chi connectivity index (χ0) is 14.0. The molecule has 2 rings (SSSR count). The van der Waals surface area contributed by atoms with Gasteiger partial charge >= 0.3 is 5.82 Å². The Hall–Kier alpha value is -2.39. The Labute approximate surface area is 114 Å². The fourth-order valence-electron chi connectivity index (χ4n) is 1.71. The number of hydrogen-bond donors (Lipinski definition) is 0. The summed E-state index contributed by atoms with van der Waals surface area (Å²) in [5.74, 6) is -0.408. The molecule has 0 aliphatic rings. The van der Waals surface area contributed by atoms with E-state index < -0.39 is 10.7 Å². The molecule has 0 saturated heterocycles. The number of nitrogens with zero attached hydrogens (tertiary/aromatic N) is 4. The van der Waals surface area contributed by atoms with E-state index in [4.69, 9.17) is 16.9 Å². The molecule has 1 aromatic heterocycles. The first kappa shape index (κ1) is 13.1. The highest BCUT2D eigenvalue weighted by Crippen LogP contribution is 2.21. The molecule has 0 bridgehead atoms. The molecule has 0 unspecified atom stereocenters. The molecule has 0 aliphatic carbocycles. The van der Waals surface area contributed by atoms with Crippen LogP contribution >= 0.6 is 11.6 Å². The summed E-state index contributed by atoms with van der Waals surface area (Å²) in [4.78, 5) is 10.2. The van der Waals surface area contributed by atoms with Gasteiger partial charge < -0.3 is 10.1 Å². The van der Waals surface area contributed by atoms with Crippen LogP contribution in [0.2, 0.25) is 5.02 Å². The summed E-state index contributed by atoms with van der Waals surface area (Å²) in [7, 11) is 0. The SMILES string of the molecule is Cc1c(C#N)c([N+](=O)[O-])nn1Cc1ccc(Cl)cc1. The van der Waals surface area contributed by atoms with Crippen molar-refractivity contribution in [3.63, 3.8) is 0 Å². The van der Waals surface area contributed by atoms with Crippen molar-refractivity contribution >= 4 is 17.4 Å². The Morgan fingerprint density at radius 3 is 2.58 bits per heavy atom. The van der Waals surface area contributed by atoms with Gasteiger partial charge in [0.25, 0.3) is 0 Å². The second kappa shape index (κ2) is 5.08. The Morgan fingerprint density at radius 2 is 2.11 bits per heavy atom. The van der Waals surface area contributed by atoms with E-state index in [1.807, 2.05) is 6.07 Å². The fraction of sp³-hybridized carbons (Fsp3) is 0.167. The van der Waals surface area contributed by atoms with E-state index in [0.717, 1.165) is 5.56 Å². The fourth-order valence-corrected chi connectivity index (χ4v) is 1.83. The zero-order valence-electron chi connectivity index (χ0n) is 10.00. The van der Waals surface area contributed by atoms with Gasteiger partial charge in [-0.1, -0.05) is 23.7 Å². The molecule has 0 spiro atoms. The van der Waals surface area contributed by atoms with Crippen LogP contribution in [0.25, 0.3) is 0 Å². The van der Waals surface area contributed by atoms with Gasteiger partial charge in [-0.2, -0.15) is 9.94 Å². The van der Waals surface area contributed by atoms with Gasteiger partial charge in [0.05, 0.1) is 17.3 Å². The lowest BCUT2D eigenvalue weighted by atomic mass is 10.2. The number of nitro groups is 1. The topological polar surface area (TPSA) is 84.8 Å². The molecule has 1 aromatic carbocycles. The summed E-state index contributed by atoms with van der Waals surface area (Å²) < 4.78 is 1.44. The lowest BCUT2D eigenvalue weighted by Gasteiger charge is -2.00. The van der Waals surface area contributed by atoms with Crippen LogP contribution in [-0.4, -0.2) is 14.7 Å². The molecular weight excluding hydrogens is 268 g/mol. The maximum atomic E-state index is 10.8. The standard InChI is InChI=1S/C12H9ClN4O2/c1-8-11(6-14)12(17(18)19)15-16(8)7-9-2-4-10(13)5-3-9/h2-5H,7H2,1H3. The van der Waals surface area contributed by atoms with Gasteiger partial charge in [-0.3, -0.25) is 0 Å². The van der Waals surface area contributed by atoms with Crippen LogP contribution in [0.4, 0.5) is 5.82 Å². The number of aromatic nitrogens is 2. The van der Waals surface area contributed by atoms with Gasteiger partial charge in [-0.15, -0.1) is 0 Å². The third-order valence-corrected chi connectivity index (χ3v) is 2.97. The largest absolute Gasteiger partial charge is 0.408 e. The molecule has 2 aromatic rings. The van der Waals surface area contributed by atoms with E-state index in [1.54, 1.807) is 31.2 Å². The van der Waals surface area contributed by atoms with E-state index >= 15 is 0 Å². The van der Waals surface area contributed by atoms with Crippen LogP contribution in [0.1, 0.15) is 16.8 Å². The summed E-state index contributed by atoms with van der Waals surface area (Å²) >= 11 is 5.78. The average molecular weight is 277 g/mol. The molecule has 0 atom stereocenters. The molecule has 1 heterocycles. The van der Waals surface area contributed by atoms with Crippen LogP contribution < -0.4 is 0 Å². The van der Waals surface area contributed by atoms with Gasteiger partial charge in [-0.25, -0.2) is 0 Å². The number of nitriles is 1. The minimum absolute atomic E-state index is 0.000960. The van der Waals surface area contributed by atoms with Gasteiger partial charge in [0.15, 0.2) is 5.56 Å². The predicted octanol–water partition coefficient (Wildman–Crippen LogP) is 2.67. The van der Waals surface area contributed by atoms with Gasteiger partial charge in [0.1, 0.15) is 6.07 Å². The van der Waals surface area contributed by atoms with Gasteiger partial charge in [0, 0.05) is 5.02 Å². The highest BCUT2D eigenvalue weighted by atomic mass is 35.5. The monoisotopic (exact) mass is 276 g/mol. The van der Waals surface area contributed by atoms with Crippen molar-refractivity contribution < 1.29 is 4.92 Å². The summed E-state index contributed by atoms with van der Waals surface area (Å²) in [5, 5.41) is 24.2. The Bertz CT molecular complexity index is 670. The second-order valence-corrected chi connectivity index (χ2v) is 4.37. The molecule has 0 aliphatic heterocycles. The number of benzene rings is 1. The van der Waals surface area contributed by atoms with Crippen molar-refractivity contribution in [2.75, 3.05) is 0 Å². The highest BCUT2D eigenvalue weighted by molar-refractivity contribution is 6.30. The molecule has 0 radical (unpaired) electrons. The second-order valence-electron chi connectivity index (χ2n) is 3.94. The number of halogens is 1. The molecule has 19 heavy (non-hydrogen) atoms. The van der Waals surface area contributed by atoms with Crippen LogP contribution in [0.5, 0.6) is 0 Å². The van der Waals surface area contributed by atoms with Crippen molar-refractivity contribution in [1.82, 2.24) is 9.78 Å². The first-order valence-corrected chi connectivity index (χ1v) is 5.77. The van der Waals surface area contributed by atoms with E-state index in [1.165, 1.54) is 4.68 Å². The normalized spacial score (nSPS) is 10.2. The minimum Gasteiger partial charge on any atom is -0.358 e. The summed E-state index contributed by atoms with van der Waals surface area (Å²) in [6.07, 6.45) is 0. The zero-order valence-corrected chi connectivity index (χ0v) is 10.8. The third kappa shape index (κ3) is 2.56. The summed E-state index contributed by atoms with van der Waals surface area (Å²) in [5.41, 5.74) is 1.37. The smallest absolute Gasteiger partial charge is 0.358 e. The van der Waals surface area contributed by atoms with Crippen molar-refractivity contribution in [2.24, 2.45) is 0 Å². The van der Waals surface area contributed by atoms with E-state index in [-0.39, 0.29) is 5.56 Å². The van der Waals surface area contributed by atoms with Crippen molar-refractivity contribution in [2.45, 2.75) is 13.5 Å². The lowest BCUT2D eigenvalue weighted by Crippen LogP contribution is -2.04. The Kier molecular flexibility index (Phi) is 3.49. The number of rotatable bonds is 3. The van der Waals surface area contributed by atoms with Crippen molar-refractivity contribution in [3.8, 4) is 6.07 Å². The quantitative estimate of drug-likeness (QED) is 0.637. The molecule has 96 valence electrons. The first-order valence-electron chi connectivity index (χ1n) is 5.39. The highest BCUT2D eigenvalue weighted by Gasteiger charge is 2.25. The molecule has 0 saturated carbocycles. The molecule has 0 amide bonds. The molecule has 0 fully saturated rings. The summed E-state index contributed by atoms with van der Waals surface area (Å²) in [6.45, 7) is 1.99. The van der Waals surface area contributed by atoms with Crippen LogP contribution in [0.15, 0.2) is 24.3 Å². The van der Waals surface area contributed by atoms with E-state index in [2.05, 4.69) is 5.10 Å². The van der Waals surface area contributed by atoms with Gasteiger partial charge in [-0.05, 0) is 29.5 Å². The van der Waals surface area contributed by atoms with Crippen LogP contribution in [0, 0.1) is 28.4 Å². The van der Waals surface area contributed by atoms with Crippen molar-refractivity contribution in [1.29, 1.82) is 5.26 Å². The summed E-state index contributed by atoms with van der Waals surface area (Å²) in [6, 6.07) is 8.89. The molecule has 7 heteroatoms. The lowest BCUT2D eigenvalue weighted by molar-refractivity contribution is -0.390. The maximum Gasteiger partial charge on any atom is 0.408 e. The minimum atomic E-state index is -0.649. The first-order chi connectivity index (χ1) is 9.02. The van der Waals surface area contributed by atoms with Gasteiger partial charge in [0.2, 0.25) is 0 Å². The van der Waals surface area contributed by atoms with Crippen LogP contribution in [-0.2, 0) is 6.54 Å². The Morgan fingerprint density at radius 1 is 1.47 bits per heavy atom. The van der Waals surface area contributed by atoms with Crippen molar-refractivity contribution in [3.05, 3.63) is 56.2 Å². The van der Waals surface area contributed by atoms with E-state index in [0.29, 0.717) is 17.3 Å². The Balaban J connectivity index is 2.39. The van der Waals surface area contributed by atoms with Crippen LogP contribution in [0.3, 0.4) is 0 Å². The molecular formula is C12H9ClN4O2. The third-order valence-electron chi connectivity index (χ3n) is 2.72. The predicted molar refractivity (Wildman–Crippen MR) is 68.9 cm³/mol. The van der Waals surface area contributed by atoms with E-state index in [9.17, 15) is 10.1 Å². The molecule has 6 nitrogen and oxygen atoms in total. The molecule has 0 N–H and O–H groups in total. The maximum absolute atomic E-state index is 10.8. The average Bonchev–Trinajstić information content (AvgIpc) is 2.69. The number of hydrogen-bond acceptors (Lipinski definition) is 4.